The van der Waals surface area contributed by atoms with Crippen molar-refractivity contribution < 1.29 is 9.53 Å². The first-order valence-electron chi connectivity index (χ1n) is 8.20. The lowest BCUT2D eigenvalue weighted by Crippen LogP contribution is -2.50. The topological polar surface area (TPSA) is 32.8 Å². The lowest BCUT2D eigenvalue weighted by Gasteiger charge is -2.35. The van der Waals surface area contributed by atoms with Crippen molar-refractivity contribution >= 4 is 23.2 Å². The van der Waals surface area contributed by atoms with Crippen LogP contribution in [-0.4, -0.2) is 42.6 Å². The number of likely N-dealkylation sites (tertiary alicyclic amines) is 1. The molecule has 2 heterocycles. The molecule has 2 bridgehead atoms. The second-order valence-electron chi connectivity index (χ2n) is 6.32. The van der Waals surface area contributed by atoms with Crippen LogP contribution in [0.3, 0.4) is 0 Å². The number of fused-ring (bicyclic) bond motifs is 2. The van der Waals surface area contributed by atoms with Gasteiger partial charge in [-0.15, -0.1) is 0 Å². The Balaban J connectivity index is 1.34. The maximum Gasteiger partial charge on any atom is 0.260 e. The van der Waals surface area contributed by atoms with Gasteiger partial charge in [0, 0.05) is 29.8 Å². The number of para-hydroxylation sites is 1. The van der Waals surface area contributed by atoms with Gasteiger partial charge in [0.05, 0.1) is 6.04 Å². The van der Waals surface area contributed by atoms with E-state index >= 15 is 0 Å². The van der Waals surface area contributed by atoms with E-state index in [-0.39, 0.29) is 18.6 Å². The van der Waals surface area contributed by atoms with Crippen LogP contribution in [0.4, 0.5) is 5.69 Å². The lowest BCUT2D eigenvalue weighted by atomic mass is 10.2. The van der Waals surface area contributed by atoms with Gasteiger partial charge < -0.3 is 14.5 Å². The zero-order chi connectivity index (χ0) is 16.5. The highest BCUT2D eigenvalue weighted by molar-refractivity contribution is 6.30. The Morgan fingerprint density at radius 3 is 2.46 bits per heavy atom. The van der Waals surface area contributed by atoms with Crippen LogP contribution in [-0.2, 0) is 4.79 Å². The molecule has 0 aliphatic carbocycles. The van der Waals surface area contributed by atoms with E-state index in [0.717, 1.165) is 19.5 Å². The Labute approximate surface area is 146 Å². The van der Waals surface area contributed by atoms with E-state index in [4.69, 9.17) is 16.3 Å². The Hall–Kier alpha value is -2.20. The van der Waals surface area contributed by atoms with Crippen molar-refractivity contribution in [2.45, 2.75) is 18.5 Å². The van der Waals surface area contributed by atoms with Gasteiger partial charge in [-0.2, -0.15) is 0 Å². The minimum Gasteiger partial charge on any atom is -0.484 e. The van der Waals surface area contributed by atoms with E-state index in [1.807, 2.05) is 11.0 Å². The van der Waals surface area contributed by atoms with E-state index < -0.39 is 0 Å². The van der Waals surface area contributed by atoms with Crippen molar-refractivity contribution in [3.8, 4) is 5.75 Å². The van der Waals surface area contributed by atoms with Crippen molar-refractivity contribution in [2.24, 2.45) is 0 Å². The summed E-state index contributed by atoms with van der Waals surface area (Å²) >= 11 is 5.85. The summed E-state index contributed by atoms with van der Waals surface area (Å²) in [4.78, 5) is 16.9. The summed E-state index contributed by atoms with van der Waals surface area (Å²) in [5.41, 5.74) is 1.24. The zero-order valence-corrected chi connectivity index (χ0v) is 14.0. The summed E-state index contributed by atoms with van der Waals surface area (Å²) in [6, 6.07) is 18.2. The van der Waals surface area contributed by atoms with Crippen molar-refractivity contribution in [2.75, 3.05) is 24.6 Å². The van der Waals surface area contributed by atoms with Gasteiger partial charge in [0.25, 0.3) is 5.91 Å². The maximum atomic E-state index is 12.5. The number of carbonyl (C=O) groups excluding carboxylic acids is 1. The predicted octanol–water partition coefficient (Wildman–Crippen LogP) is 3.21. The van der Waals surface area contributed by atoms with Gasteiger partial charge in [-0.3, -0.25) is 4.79 Å². The molecule has 0 radical (unpaired) electrons. The number of amides is 1. The van der Waals surface area contributed by atoms with Gasteiger partial charge in [0.15, 0.2) is 6.61 Å². The fourth-order valence-corrected chi connectivity index (χ4v) is 3.79. The highest BCUT2D eigenvalue weighted by Crippen LogP contribution is 2.34. The van der Waals surface area contributed by atoms with Crippen molar-refractivity contribution in [1.82, 2.24) is 4.90 Å². The van der Waals surface area contributed by atoms with E-state index in [0.29, 0.717) is 16.8 Å². The lowest BCUT2D eigenvalue weighted by molar-refractivity contribution is -0.134. The summed E-state index contributed by atoms with van der Waals surface area (Å²) in [6.45, 7) is 1.76. The highest BCUT2D eigenvalue weighted by atomic mass is 35.5. The van der Waals surface area contributed by atoms with Crippen LogP contribution >= 0.6 is 11.6 Å². The number of hydrogen-bond acceptors (Lipinski definition) is 3. The largest absolute Gasteiger partial charge is 0.484 e. The molecule has 0 saturated carbocycles. The molecule has 2 aliphatic rings. The van der Waals surface area contributed by atoms with Gasteiger partial charge in [-0.1, -0.05) is 29.8 Å². The molecular formula is C19H19ClN2O2. The summed E-state index contributed by atoms with van der Waals surface area (Å²) in [7, 11) is 0. The van der Waals surface area contributed by atoms with Crippen molar-refractivity contribution in [1.29, 1.82) is 0 Å². The third kappa shape index (κ3) is 2.94. The normalized spacial score (nSPS) is 22.0. The van der Waals surface area contributed by atoms with Crippen LogP contribution < -0.4 is 9.64 Å². The van der Waals surface area contributed by atoms with Crippen LogP contribution in [0, 0.1) is 0 Å². The fraction of sp³-hybridized carbons (Fsp3) is 0.316. The molecule has 124 valence electrons. The SMILES string of the molecule is O=C(COc1ccc(Cl)cc1)N1CC2CC1CN2c1ccccc1. The second kappa shape index (κ2) is 6.36. The summed E-state index contributed by atoms with van der Waals surface area (Å²) in [5.74, 6) is 0.730. The average molecular weight is 343 g/mol. The number of benzene rings is 2. The molecule has 24 heavy (non-hydrogen) atoms. The zero-order valence-electron chi connectivity index (χ0n) is 13.3. The molecule has 2 fully saturated rings. The standard InChI is InChI=1S/C19H19ClN2O2/c20-14-6-8-18(9-7-14)24-13-19(23)22-12-16-10-17(22)11-21(16)15-4-2-1-3-5-15/h1-9,16-17H,10-13H2. The highest BCUT2D eigenvalue weighted by Gasteiger charge is 2.45. The van der Waals surface area contributed by atoms with Gasteiger partial charge >= 0.3 is 0 Å². The monoisotopic (exact) mass is 342 g/mol. The summed E-state index contributed by atoms with van der Waals surface area (Å²) in [5, 5.41) is 0.659. The third-order valence-corrected chi connectivity index (χ3v) is 5.08. The molecule has 2 atom stereocenters. The first-order valence-corrected chi connectivity index (χ1v) is 8.58. The maximum absolute atomic E-state index is 12.5. The Kier molecular flexibility index (Phi) is 4.07. The van der Waals surface area contributed by atoms with E-state index in [1.54, 1.807) is 24.3 Å². The molecule has 2 saturated heterocycles. The van der Waals surface area contributed by atoms with Crippen molar-refractivity contribution in [3.05, 3.63) is 59.6 Å². The van der Waals surface area contributed by atoms with Gasteiger partial charge in [-0.05, 0) is 42.8 Å². The van der Waals surface area contributed by atoms with Gasteiger partial charge in [-0.25, -0.2) is 0 Å². The molecule has 2 aromatic carbocycles. The molecule has 0 spiro atoms. The van der Waals surface area contributed by atoms with Crippen molar-refractivity contribution in [3.63, 3.8) is 0 Å². The van der Waals surface area contributed by atoms with Crippen LogP contribution in [0.25, 0.3) is 0 Å². The molecule has 2 aromatic rings. The van der Waals surface area contributed by atoms with Gasteiger partial charge in [0.2, 0.25) is 0 Å². The molecule has 0 N–H and O–H groups in total. The van der Waals surface area contributed by atoms with E-state index in [2.05, 4.69) is 29.2 Å². The van der Waals surface area contributed by atoms with Crippen LogP contribution in [0.15, 0.2) is 54.6 Å². The molecule has 0 aromatic heterocycles. The minimum atomic E-state index is 0.0603. The molecule has 1 amide bonds. The van der Waals surface area contributed by atoms with Gasteiger partial charge in [0.1, 0.15) is 5.75 Å². The molecule has 5 heteroatoms. The number of carbonyl (C=O) groups is 1. The number of anilines is 1. The Bertz CT molecular complexity index is 720. The molecule has 4 rings (SSSR count). The number of rotatable bonds is 4. The summed E-state index contributed by atoms with van der Waals surface area (Å²) in [6.07, 6.45) is 1.04. The van der Waals surface area contributed by atoms with Crippen LogP contribution in [0.5, 0.6) is 5.75 Å². The smallest absolute Gasteiger partial charge is 0.260 e. The quantitative estimate of drug-likeness (QED) is 0.855. The molecule has 2 aliphatic heterocycles. The Morgan fingerprint density at radius 2 is 1.79 bits per heavy atom. The number of halogens is 1. The first kappa shape index (κ1) is 15.3. The number of piperazine rings is 1. The average Bonchev–Trinajstić information content (AvgIpc) is 3.22. The Morgan fingerprint density at radius 1 is 1.04 bits per heavy atom. The molecular weight excluding hydrogens is 324 g/mol. The van der Waals surface area contributed by atoms with Crippen LogP contribution in [0.1, 0.15) is 6.42 Å². The number of hydrogen-bond donors (Lipinski definition) is 0. The predicted molar refractivity (Wildman–Crippen MR) is 94.6 cm³/mol. The minimum absolute atomic E-state index is 0.0603. The van der Waals surface area contributed by atoms with E-state index in [9.17, 15) is 4.79 Å². The molecule has 4 nitrogen and oxygen atoms in total. The number of ether oxygens (including phenoxy) is 1. The fourth-order valence-electron chi connectivity index (χ4n) is 3.67. The summed E-state index contributed by atoms with van der Waals surface area (Å²) < 4.78 is 5.59. The third-order valence-electron chi connectivity index (χ3n) is 4.82. The first-order chi connectivity index (χ1) is 11.7. The van der Waals surface area contributed by atoms with Crippen LogP contribution in [0.2, 0.25) is 5.02 Å². The molecule has 2 unspecified atom stereocenters. The van der Waals surface area contributed by atoms with E-state index in [1.165, 1.54) is 5.69 Å². The second-order valence-corrected chi connectivity index (χ2v) is 6.76. The number of nitrogens with zero attached hydrogens (tertiary/aromatic N) is 2.